The molecule has 1 fully saturated rings. The van der Waals surface area contributed by atoms with Gasteiger partial charge in [-0.2, -0.15) is 0 Å². The van der Waals surface area contributed by atoms with Gasteiger partial charge in [0.1, 0.15) is 0 Å². The fraction of sp³-hybridized carbons (Fsp3) is 0.619. The number of hydrogen-bond donors (Lipinski definition) is 2. The first-order chi connectivity index (χ1) is 12.9. The van der Waals surface area contributed by atoms with Crippen molar-refractivity contribution in [2.75, 3.05) is 14.2 Å². The van der Waals surface area contributed by atoms with Gasteiger partial charge in [-0.1, -0.05) is 19.9 Å². The van der Waals surface area contributed by atoms with E-state index in [2.05, 4.69) is 5.32 Å². The largest absolute Gasteiger partial charge is 0.493 e. The Bertz CT molecular complexity index is 661. The average Bonchev–Trinajstić information content (AvgIpc) is 2.69. The molecule has 1 saturated carbocycles. The molecule has 0 spiro atoms. The molecule has 1 aromatic carbocycles. The van der Waals surface area contributed by atoms with E-state index in [1.54, 1.807) is 14.2 Å². The van der Waals surface area contributed by atoms with Gasteiger partial charge in [0.2, 0.25) is 5.91 Å². The molecule has 0 radical (unpaired) electrons. The topological polar surface area (TPSA) is 84.9 Å². The van der Waals surface area contributed by atoms with E-state index in [1.165, 1.54) is 0 Å². The standard InChI is InChI=1S/C21H31NO5/c1-5-21(6-2,15-9-12-17(26-3)18(13-15)27-4)20(25)22-16-10-7-14(8-11-16)19(23)24/h9,12-14,16H,5-8,10-11H2,1-4H3,(H,22,25)(H,23,24). The van der Waals surface area contributed by atoms with Gasteiger partial charge in [-0.25, -0.2) is 0 Å². The maximum Gasteiger partial charge on any atom is 0.306 e. The maximum atomic E-state index is 13.3. The third-order valence-electron chi connectivity index (χ3n) is 5.99. The molecule has 0 aliphatic heterocycles. The van der Waals surface area contributed by atoms with Gasteiger partial charge < -0.3 is 19.9 Å². The van der Waals surface area contributed by atoms with Crippen LogP contribution in [0.25, 0.3) is 0 Å². The van der Waals surface area contributed by atoms with Gasteiger partial charge in [0.25, 0.3) is 0 Å². The molecule has 1 aromatic rings. The molecule has 150 valence electrons. The summed E-state index contributed by atoms with van der Waals surface area (Å²) in [6.07, 6.45) is 3.96. The monoisotopic (exact) mass is 377 g/mol. The SMILES string of the molecule is CCC(CC)(C(=O)NC1CCC(C(=O)O)CC1)c1ccc(OC)c(OC)c1. The van der Waals surface area contributed by atoms with E-state index >= 15 is 0 Å². The van der Waals surface area contributed by atoms with Crippen molar-refractivity contribution < 1.29 is 24.2 Å². The Hall–Kier alpha value is -2.24. The number of amides is 1. The van der Waals surface area contributed by atoms with Gasteiger partial charge in [-0.05, 0) is 56.2 Å². The minimum atomic E-state index is -0.735. The number of benzene rings is 1. The van der Waals surface area contributed by atoms with Gasteiger partial charge in [0, 0.05) is 6.04 Å². The molecule has 1 amide bonds. The lowest BCUT2D eigenvalue weighted by atomic mass is 9.74. The van der Waals surface area contributed by atoms with E-state index in [0.717, 1.165) is 5.56 Å². The van der Waals surface area contributed by atoms with Gasteiger partial charge in [-0.3, -0.25) is 9.59 Å². The predicted molar refractivity (Wildman–Crippen MR) is 103 cm³/mol. The molecule has 2 rings (SSSR count). The highest BCUT2D eigenvalue weighted by atomic mass is 16.5. The molecule has 2 N–H and O–H groups in total. The lowest BCUT2D eigenvalue weighted by molar-refractivity contribution is -0.142. The average molecular weight is 377 g/mol. The summed E-state index contributed by atoms with van der Waals surface area (Å²) >= 11 is 0. The van der Waals surface area contributed by atoms with Crippen LogP contribution in [-0.2, 0) is 15.0 Å². The Morgan fingerprint density at radius 1 is 1.07 bits per heavy atom. The van der Waals surface area contributed by atoms with Crippen molar-refractivity contribution in [3.8, 4) is 11.5 Å². The van der Waals surface area contributed by atoms with E-state index in [4.69, 9.17) is 14.6 Å². The third kappa shape index (κ3) is 4.37. The number of carbonyl (C=O) groups is 2. The molecular formula is C21H31NO5. The zero-order valence-electron chi connectivity index (χ0n) is 16.7. The zero-order valence-corrected chi connectivity index (χ0v) is 16.7. The lowest BCUT2D eigenvalue weighted by Crippen LogP contribution is -2.49. The molecule has 1 aliphatic carbocycles. The van der Waals surface area contributed by atoms with Crippen LogP contribution in [-0.4, -0.2) is 37.2 Å². The zero-order chi connectivity index (χ0) is 20.0. The number of ether oxygens (including phenoxy) is 2. The second kappa shape index (κ2) is 9.11. The van der Waals surface area contributed by atoms with E-state index in [9.17, 15) is 9.59 Å². The first-order valence-corrected chi connectivity index (χ1v) is 9.68. The number of hydrogen-bond acceptors (Lipinski definition) is 4. The van der Waals surface area contributed by atoms with Crippen LogP contribution in [0.4, 0.5) is 0 Å². The van der Waals surface area contributed by atoms with Gasteiger partial charge in [0.15, 0.2) is 11.5 Å². The van der Waals surface area contributed by atoms with Crippen molar-refractivity contribution in [1.82, 2.24) is 5.32 Å². The van der Waals surface area contributed by atoms with Crippen LogP contribution in [0.5, 0.6) is 11.5 Å². The highest BCUT2D eigenvalue weighted by molar-refractivity contribution is 5.88. The van der Waals surface area contributed by atoms with Crippen molar-refractivity contribution in [1.29, 1.82) is 0 Å². The second-order valence-corrected chi connectivity index (χ2v) is 7.22. The Morgan fingerprint density at radius 3 is 2.15 bits per heavy atom. The summed E-state index contributed by atoms with van der Waals surface area (Å²) in [6.45, 7) is 4.03. The fourth-order valence-electron chi connectivity index (χ4n) is 4.05. The van der Waals surface area contributed by atoms with E-state index in [-0.39, 0.29) is 17.9 Å². The van der Waals surface area contributed by atoms with Crippen molar-refractivity contribution in [3.63, 3.8) is 0 Å². The molecule has 0 unspecified atom stereocenters. The molecular weight excluding hydrogens is 346 g/mol. The van der Waals surface area contributed by atoms with Gasteiger partial charge in [0.05, 0.1) is 25.6 Å². The van der Waals surface area contributed by atoms with Crippen LogP contribution < -0.4 is 14.8 Å². The normalized spacial score (nSPS) is 20.0. The second-order valence-electron chi connectivity index (χ2n) is 7.22. The van der Waals surface area contributed by atoms with Crippen molar-refractivity contribution >= 4 is 11.9 Å². The molecule has 0 atom stereocenters. The highest BCUT2D eigenvalue weighted by Crippen LogP contribution is 2.38. The van der Waals surface area contributed by atoms with Crippen LogP contribution in [0.2, 0.25) is 0 Å². The lowest BCUT2D eigenvalue weighted by Gasteiger charge is -2.35. The number of carboxylic acids is 1. The maximum absolute atomic E-state index is 13.3. The number of carboxylic acid groups (broad SMARTS) is 1. The Balaban J connectivity index is 2.20. The van der Waals surface area contributed by atoms with E-state index in [1.807, 2.05) is 32.0 Å². The highest BCUT2D eigenvalue weighted by Gasteiger charge is 2.39. The fourth-order valence-corrected chi connectivity index (χ4v) is 4.05. The van der Waals surface area contributed by atoms with E-state index < -0.39 is 11.4 Å². The Morgan fingerprint density at radius 2 is 1.67 bits per heavy atom. The molecule has 0 bridgehead atoms. The van der Waals surface area contributed by atoms with Gasteiger partial charge in [-0.15, -0.1) is 0 Å². The molecule has 6 heteroatoms. The Kier molecular flexibility index (Phi) is 7.11. The first-order valence-electron chi connectivity index (χ1n) is 9.68. The molecule has 27 heavy (non-hydrogen) atoms. The van der Waals surface area contributed by atoms with Crippen molar-refractivity contribution in [2.24, 2.45) is 5.92 Å². The number of rotatable bonds is 8. The summed E-state index contributed by atoms with van der Waals surface area (Å²) < 4.78 is 10.7. The predicted octanol–water partition coefficient (Wildman–Crippen LogP) is 3.52. The number of aliphatic carboxylic acids is 1. The third-order valence-corrected chi connectivity index (χ3v) is 5.99. The quantitative estimate of drug-likeness (QED) is 0.724. The number of carbonyl (C=O) groups excluding carboxylic acids is 1. The van der Waals surface area contributed by atoms with Crippen LogP contribution in [0.3, 0.4) is 0 Å². The van der Waals surface area contributed by atoms with Crippen LogP contribution in [0.15, 0.2) is 18.2 Å². The molecule has 0 aromatic heterocycles. The van der Waals surface area contributed by atoms with E-state index in [0.29, 0.717) is 50.0 Å². The summed E-state index contributed by atoms with van der Waals surface area (Å²) in [4.78, 5) is 24.4. The summed E-state index contributed by atoms with van der Waals surface area (Å²) in [5.74, 6) is 0.219. The van der Waals surface area contributed by atoms with Crippen molar-refractivity contribution in [2.45, 2.75) is 63.8 Å². The van der Waals surface area contributed by atoms with Crippen LogP contribution in [0.1, 0.15) is 57.9 Å². The molecule has 1 aliphatic rings. The van der Waals surface area contributed by atoms with Gasteiger partial charge >= 0.3 is 5.97 Å². The van der Waals surface area contributed by atoms with Crippen LogP contribution >= 0.6 is 0 Å². The first kappa shape index (κ1) is 21.1. The summed E-state index contributed by atoms with van der Waals surface area (Å²) in [7, 11) is 3.17. The van der Waals surface area contributed by atoms with Crippen molar-refractivity contribution in [3.05, 3.63) is 23.8 Å². The minimum Gasteiger partial charge on any atom is -0.493 e. The number of methoxy groups -OCH3 is 2. The minimum absolute atomic E-state index is 0.00139. The summed E-state index contributed by atoms with van der Waals surface area (Å²) in [5.41, 5.74) is 0.255. The Labute approximate surface area is 161 Å². The molecule has 6 nitrogen and oxygen atoms in total. The molecule has 0 heterocycles. The van der Waals surface area contributed by atoms with Crippen LogP contribution in [0, 0.1) is 5.92 Å². The summed E-state index contributed by atoms with van der Waals surface area (Å²) in [6, 6.07) is 5.67. The number of nitrogens with one attached hydrogen (secondary N) is 1. The summed E-state index contributed by atoms with van der Waals surface area (Å²) in [5, 5.41) is 12.3. The molecule has 0 saturated heterocycles. The smallest absolute Gasteiger partial charge is 0.306 e.